The molecule has 0 aromatic heterocycles. The molecule has 22 heavy (non-hydrogen) atoms. The number of nitrogens with zero attached hydrogens (tertiary/aromatic N) is 1. The molecule has 6 heteroatoms. The predicted molar refractivity (Wildman–Crippen MR) is 83.3 cm³/mol. The molecule has 1 aliphatic rings. The maximum atomic E-state index is 12.2. The molecule has 1 saturated heterocycles. The smallest absolute Gasteiger partial charge is 0.228 e. The van der Waals surface area contributed by atoms with Gasteiger partial charge in [-0.3, -0.25) is 9.59 Å². The lowest BCUT2D eigenvalue weighted by atomic mass is 9.98. The van der Waals surface area contributed by atoms with Crippen LogP contribution in [0.4, 0.5) is 0 Å². The van der Waals surface area contributed by atoms with Gasteiger partial charge in [-0.05, 0) is 5.56 Å². The number of morpholine rings is 1. The summed E-state index contributed by atoms with van der Waals surface area (Å²) >= 11 is 0. The molecule has 120 valence electrons. The molecule has 0 saturated carbocycles. The molecule has 1 fully saturated rings. The minimum atomic E-state index is -0.375. The van der Waals surface area contributed by atoms with Crippen LogP contribution in [0.5, 0.6) is 0 Å². The van der Waals surface area contributed by atoms with Crippen molar-refractivity contribution in [1.82, 2.24) is 10.2 Å². The highest BCUT2D eigenvalue weighted by atomic mass is 16.5. The monoisotopic (exact) mass is 305 g/mol. The Kier molecular flexibility index (Phi) is 6.36. The zero-order chi connectivity index (χ0) is 15.8. The number of benzene rings is 1. The van der Waals surface area contributed by atoms with Crippen LogP contribution in [-0.4, -0.2) is 56.1 Å². The van der Waals surface area contributed by atoms with E-state index in [1.54, 1.807) is 4.90 Å². The van der Waals surface area contributed by atoms with Crippen molar-refractivity contribution in [3.63, 3.8) is 0 Å². The maximum Gasteiger partial charge on any atom is 0.228 e. The number of rotatable bonds is 6. The van der Waals surface area contributed by atoms with Crippen LogP contribution in [0.25, 0.3) is 0 Å². The first kappa shape index (κ1) is 16.5. The summed E-state index contributed by atoms with van der Waals surface area (Å²) in [6, 6.07) is 9.43. The van der Waals surface area contributed by atoms with Crippen LogP contribution < -0.4 is 11.1 Å². The molecular formula is C16H23N3O3. The Hall–Kier alpha value is -1.92. The minimum absolute atomic E-state index is 0.0487. The zero-order valence-corrected chi connectivity index (χ0v) is 12.7. The highest BCUT2D eigenvalue weighted by Gasteiger charge is 2.20. The fourth-order valence-electron chi connectivity index (χ4n) is 2.47. The molecular weight excluding hydrogens is 282 g/mol. The van der Waals surface area contributed by atoms with Crippen molar-refractivity contribution in [3.8, 4) is 0 Å². The summed E-state index contributed by atoms with van der Waals surface area (Å²) in [5, 5.41) is 2.80. The number of amides is 2. The molecule has 1 unspecified atom stereocenters. The van der Waals surface area contributed by atoms with E-state index in [1.165, 1.54) is 0 Å². The van der Waals surface area contributed by atoms with Crippen LogP contribution in [0.1, 0.15) is 17.9 Å². The molecule has 3 N–H and O–H groups in total. The minimum Gasteiger partial charge on any atom is -0.378 e. The normalized spacial score (nSPS) is 16.1. The summed E-state index contributed by atoms with van der Waals surface area (Å²) in [4.78, 5) is 26.0. The van der Waals surface area contributed by atoms with Crippen molar-refractivity contribution in [2.45, 2.75) is 12.3 Å². The van der Waals surface area contributed by atoms with E-state index in [0.29, 0.717) is 39.3 Å². The van der Waals surface area contributed by atoms with Crippen molar-refractivity contribution >= 4 is 11.8 Å². The Morgan fingerprint density at radius 3 is 2.55 bits per heavy atom. The second-order valence-electron chi connectivity index (χ2n) is 5.23. The van der Waals surface area contributed by atoms with Gasteiger partial charge in [-0.2, -0.15) is 0 Å². The molecule has 6 nitrogen and oxygen atoms in total. The van der Waals surface area contributed by atoms with Gasteiger partial charge in [0.25, 0.3) is 0 Å². The quantitative estimate of drug-likeness (QED) is 0.780. The van der Waals surface area contributed by atoms with Crippen molar-refractivity contribution in [2.75, 3.05) is 39.4 Å². The summed E-state index contributed by atoms with van der Waals surface area (Å²) in [5.41, 5.74) is 6.60. The fourth-order valence-corrected chi connectivity index (χ4v) is 2.47. The summed E-state index contributed by atoms with van der Waals surface area (Å²) in [6.07, 6.45) is 0.303. The third kappa shape index (κ3) is 4.54. The van der Waals surface area contributed by atoms with E-state index in [-0.39, 0.29) is 24.3 Å². The first-order valence-electron chi connectivity index (χ1n) is 7.60. The van der Waals surface area contributed by atoms with E-state index in [2.05, 4.69) is 5.32 Å². The van der Waals surface area contributed by atoms with Crippen molar-refractivity contribution in [2.24, 2.45) is 5.73 Å². The van der Waals surface area contributed by atoms with E-state index in [1.807, 2.05) is 30.3 Å². The van der Waals surface area contributed by atoms with Gasteiger partial charge < -0.3 is 20.7 Å². The van der Waals surface area contributed by atoms with E-state index in [9.17, 15) is 9.59 Å². The van der Waals surface area contributed by atoms with E-state index in [4.69, 9.17) is 10.5 Å². The first-order chi connectivity index (χ1) is 10.7. The molecule has 0 radical (unpaired) electrons. The Morgan fingerprint density at radius 2 is 1.91 bits per heavy atom. The summed E-state index contributed by atoms with van der Waals surface area (Å²) in [7, 11) is 0. The van der Waals surface area contributed by atoms with Gasteiger partial charge >= 0.3 is 0 Å². The zero-order valence-electron chi connectivity index (χ0n) is 12.7. The van der Waals surface area contributed by atoms with Crippen LogP contribution in [0, 0.1) is 0 Å². The maximum absolute atomic E-state index is 12.2. The molecule has 0 aliphatic carbocycles. The predicted octanol–water partition coefficient (Wildman–Crippen LogP) is 0.0940. The number of carbonyl (C=O) groups excluding carboxylic acids is 2. The van der Waals surface area contributed by atoms with Crippen LogP contribution in [0.3, 0.4) is 0 Å². The number of nitrogens with two attached hydrogens (primary N) is 1. The van der Waals surface area contributed by atoms with Gasteiger partial charge in [0.05, 0.1) is 19.1 Å². The van der Waals surface area contributed by atoms with E-state index < -0.39 is 0 Å². The fraction of sp³-hybridized carbons (Fsp3) is 0.500. The van der Waals surface area contributed by atoms with Gasteiger partial charge in [-0.15, -0.1) is 0 Å². The van der Waals surface area contributed by atoms with Crippen LogP contribution in [0.15, 0.2) is 30.3 Å². The molecule has 2 amide bonds. The molecule has 1 aromatic carbocycles. The Balaban J connectivity index is 1.78. The molecule has 1 aromatic rings. The SMILES string of the molecule is NCC(C(=O)NCCC(=O)N1CCOCC1)c1ccccc1. The van der Waals surface area contributed by atoms with Gasteiger partial charge in [0.2, 0.25) is 11.8 Å². The lowest BCUT2D eigenvalue weighted by Gasteiger charge is -2.27. The Morgan fingerprint density at radius 1 is 1.23 bits per heavy atom. The van der Waals surface area contributed by atoms with Gasteiger partial charge in [-0.25, -0.2) is 0 Å². The van der Waals surface area contributed by atoms with Crippen LogP contribution in [0.2, 0.25) is 0 Å². The highest BCUT2D eigenvalue weighted by molar-refractivity contribution is 5.84. The number of nitrogens with one attached hydrogen (secondary N) is 1. The molecule has 0 spiro atoms. The van der Waals surface area contributed by atoms with Gasteiger partial charge in [0.1, 0.15) is 0 Å². The van der Waals surface area contributed by atoms with Gasteiger partial charge in [-0.1, -0.05) is 30.3 Å². The molecule has 1 heterocycles. The molecule has 0 bridgehead atoms. The lowest BCUT2D eigenvalue weighted by Crippen LogP contribution is -2.42. The number of hydrogen-bond acceptors (Lipinski definition) is 4. The third-order valence-corrected chi connectivity index (χ3v) is 3.76. The Bertz CT molecular complexity index is 487. The molecule has 2 rings (SSSR count). The second kappa shape index (κ2) is 8.51. The van der Waals surface area contributed by atoms with Crippen molar-refractivity contribution in [1.29, 1.82) is 0 Å². The van der Waals surface area contributed by atoms with E-state index in [0.717, 1.165) is 5.56 Å². The van der Waals surface area contributed by atoms with Gasteiger partial charge in [0, 0.05) is 32.6 Å². The summed E-state index contributed by atoms with van der Waals surface area (Å²) < 4.78 is 5.21. The van der Waals surface area contributed by atoms with Crippen LogP contribution in [-0.2, 0) is 14.3 Å². The van der Waals surface area contributed by atoms with Crippen molar-refractivity contribution in [3.05, 3.63) is 35.9 Å². The lowest BCUT2D eigenvalue weighted by molar-refractivity contribution is -0.135. The Labute approximate surface area is 130 Å². The molecule has 1 aliphatic heterocycles. The largest absolute Gasteiger partial charge is 0.378 e. The molecule has 1 atom stereocenters. The first-order valence-corrected chi connectivity index (χ1v) is 7.60. The number of carbonyl (C=O) groups is 2. The van der Waals surface area contributed by atoms with E-state index >= 15 is 0 Å². The van der Waals surface area contributed by atoms with Gasteiger partial charge in [0.15, 0.2) is 0 Å². The second-order valence-corrected chi connectivity index (χ2v) is 5.23. The average Bonchev–Trinajstić information content (AvgIpc) is 2.57. The highest BCUT2D eigenvalue weighted by Crippen LogP contribution is 2.14. The van der Waals surface area contributed by atoms with Crippen molar-refractivity contribution < 1.29 is 14.3 Å². The number of ether oxygens (including phenoxy) is 1. The summed E-state index contributed by atoms with van der Waals surface area (Å²) in [5.74, 6) is -0.462. The number of hydrogen-bond donors (Lipinski definition) is 2. The topological polar surface area (TPSA) is 84.7 Å². The van der Waals surface area contributed by atoms with Crippen LogP contribution >= 0.6 is 0 Å². The average molecular weight is 305 g/mol. The standard InChI is InChI=1S/C16H23N3O3/c17-12-14(13-4-2-1-3-5-13)16(21)18-7-6-15(20)19-8-10-22-11-9-19/h1-5,14H,6-12,17H2,(H,18,21). The third-order valence-electron chi connectivity index (χ3n) is 3.76. The summed E-state index contributed by atoms with van der Waals surface area (Å²) in [6.45, 7) is 3.00.